The highest BCUT2D eigenvalue weighted by Gasteiger charge is 2.35. The maximum atomic E-state index is 12.7. The Hall–Kier alpha value is -3.35. The maximum Gasteiger partial charge on any atom is 0.232 e. The van der Waals surface area contributed by atoms with Crippen molar-refractivity contribution in [3.8, 4) is 22.9 Å². The Balaban J connectivity index is 1.59. The number of aryl methyl sites for hydroxylation is 2. The molecule has 1 unspecified atom stereocenters. The number of benzene rings is 2. The van der Waals surface area contributed by atoms with Gasteiger partial charge in [0.05, 0.1) is 25.8 Å². The number of aromatic nitrogens is 2. The molecule has 1 aromatic heterocycles. The monoisotopic (exact) mass is 393 g/mol. The van der Waals surface area contributed by atoms with E-state index < -0.39 is 0 Å². The lowest BCUT2D eigenvalue weighted by Gasteiger charge is -2.18. The second-order valence-corrected chi connectivity index (χ2v) is 7.25. The van der Waals surface area contributed by atoms with E-state index in [9.17, 15) is 4.79 Å². The molecule has 1 saturated heterocycles. The molecule has 2 aromatic carbocycles. The Morgan fingerprint density at radius 3 is 2.48 bits per heavy atom. The Morgan fingerprint density at radius 1 is 1.07 bits per heavy atom. The first-order valence-corrected chi connectivity index (χ1v) is 9.43. The van der Waals surface area contributed by atoms with Crippen molar-refractivity contribution in [2.45, 2.75) is 26.2 Å². The first kappa shape index (κ1) is 19.0. The molecule has 0 spiro atoms. The van der Waals surface area contributed by atoms with E-state index in [0.29, 0.717) is 36.2 Å². The molecule has 1 aliphatic heterocycles. The lowest BCUT2D eigenvalue weighted by atomic mass is 10.1. The molecule has 7 heteroatoms. The SMILES string of the molecule is COc1cc(OC)cc(N2CC(c3nc(-c4cc(C)ccc4C)no3)CC2=O)c1. The molecule has 3 aromatic rings. The van der Waals surface area contributed by atoms with Crippen molar-refractivity contribution in [2.24, 2.45) is 0 Å². The normalized spacial score (nSPS) is 16.3. The van der Waals surface area contributed by atoms with Crippen molar-refractivity contribution in [3.05, 3.63) is 53.4 Å². The van der Waals surface area contributed by atoms with Crippen molar-refractivity contribution >= 4 is 11.6 Å². The van der Waals surface area contributed by atoms with E-state index in [1.165, 1.54) is 0 Å². The number of methoxy groups -OCH3 is 2. The van der Waals surface area contributed by atoms with Crippen molar-refractivity contribution in [1.29, 1.82) is 0 Å². The fourth-order valence-corrected chi connectivity index (χ4v) is 3.56. The van der Waals surface area contributed by atoms with E-state index in [4.69, 9.17) is 14.0 Å². The summed E-state index contributed by atoms with van der Waals surface area (Å²) in [5.74, 6) is 2.13. The third-order valence-corrected chi connectivity index (χ3v) is 5.20. The van der Waals surface area contributed by atoms with E-state index in [1.807, 2.05) is 38.1 Å². The standard InChI is InChI=1S/C22H23N3O4/c1-13-5-6-14(2)19(7-13)21-23-22(29-24-21)15-8-20(26)25(12-15)16-9-17(27-3)11-18(10-16)28-4/h5-7,9-11,15H,8,12H2,1-4H3. The number of amides is 1. The Morgan fingerprint density at radius 2 is 1.79 bits per heavy atom. The van der Waals surface area contributed by atoms with Crippen molar-refractivity contribution in [2.75, 3.05) is 25.7 Å². The van der Waals surface area contributed by atoms with Gasteiger partial charge in [-0.05, 0) is 25.5 Å². The van der Waals surface area contributed by atoms with Crippen LogP contribution in [-0.4, -0.2) is 36.8 Å². The van der Waals surface area contributed by atoms with Gasteiger partial charge in [-0.1, -0.05) is 22.9 Å². The average Bonchev–Trinajstić information content (AvgIpc) is 3.36. The summed E-state index contributed by atoms with van der Waals surface area (Å²) in [5.41, 5.74) is 3.88. The van der Waals surface area contributed by atoms with Gasteiger partial charge >= 0.3 is 0 Å². The predicted molar refractivity (Wildman–Crippen MR) is 108 cm³/mol. The van der Waals surface area contributed by atoms with Crippen LogP contribution in [0.5, 0.6) is 11.5 Å². The second-order valence-electron chi connectivity index (χ2n) is 7.25. The summed E-state index contributed by atoms with van der Waals surface area (Å²) >= 11 is 0. The van der Waals surface area contributed by atoms with Gasteiger partial charge in [0.25, 0.3) is 0 Å². The highest BCUT2D eigenvalue weighted by atomic mass is 16.5. The smallest absolute Gasteiger partial charge is 0.232 e. The number of hydrogen-bond donors (Lipinski definition) is 0. The molecule has 7 nitrogen and oxygen atoms in total. The zero-order chi connectivity index (χ0) is 20.5. The summed E-state index contributed by atoms with van der Waals surface area (Å²) in [5, 5.41) is 4.15. The minimum atomic E-state index is -0.161. The second kappa shape index (κ2) is 7.58. The zero-order valence-electron chi connectivity index (χ0n) is 16.9. The lowest BCUT2D eigenvalue weighted by molar-refractivity contribution is -0.117. The lowest BCUT2D eigenvalue weighted by Crippen LogP contribution is -2.24. The Labute approximate surface area is 169 Å². The molecule has 2 heterocycles. The highest BCUT2D eigenvalue weighted by molar-refractivity contribution is 5.96. The number of anilines is 1. The summed E-state index contributed by atoms with van der Waals surface area (Å²) in [7, 11) is 3.17. The average molecular weight is 393 g/mol. The molecule has 29 heavy (non-hydrogen) atoms. The third-order valence-electron chi connectivity index (χ3n) is 5.20. The van der Waals surface area contributed by atoms with Gasteiger partial charge in [-0.25, -0.2) is 0 Å². The highest BCUT2D eigenvalue weighted by Crippen LogP contribution is 2.35. The van der Waals surface area contributed by atoms with Crippen molar-refractivity contribution < 1.29 is 18.8 Å². The van der Waals surface area contributed by atoms with Gasteiger partial charge in [0.1, 0.15) is 11.5 Å². The number of nitrogens with zero attached hydrogens (tertiary/aromatic N) is 3. The Kier molecular flexibility index (Phi) is 4.96. The quantitative estimate of drug-likeness (QED) is 0.654. The molecule has 0 aliphatic carbocycles. The van der Waals surface area contributed by atoms with Gasteiger partial charge in [-0.3, -0.25) is 4.79 Å². The fourth-order valence-electron chi connectivity index (χ4n) is 3.56. The molecule has 0 saturated carbocycles. The van der Waals surface area contributed by atoms with Crippen LogP contribution in [0, 0.1) is 13.8 Å². The summed E-state index contributed by atoms with van der Waals surface area (Å²) in [6.07, 6.45) is 0.313. The minimum absolute atomic E-state index is 0.00297. The van der Waals surface area contributed by atoms with Crippen molar-refractivity contribution in [1.82, 2.24) is 10.1 Å². The fraction of sp³-hybridized carbons (Fsp3) is 0.318. The van der Waals surface area contributed by atoms with E-state index in [2.05, 4.69) is 16.2 Å². The number of rotatable bonds is 5. The molecule has 150 valence electrons. The van der Waals surface area contributed by atoms with E-state index in [1.54, 1.807) is 25.2 Å². The minimum Gasteiger partial charge on any atom is -0.497 e. The number of carbonyl (C=O) groups is 1. The molecular formula is C22H23N3O4. The molecule has 1 amide bonds. The van der Waals surface area contributed by atoms with Crippen LogP contribution in [0.25, 0.3) is 11.4 Å². The summed E-state index contributed by atoms with van der Waals surface area (Å²) in [4.78, 5) is 19.0. The third kappa shape index (κ3) is 3.68. The largest absolute Gasteiger partial charge is 0.497 e. The van der Waals surface area contributed by atoms with E-state index >= 15 is 0 Å². The molecule has 1 atom stereocenters. The van der Waals surface area contributed by atoms with Gasteiger partial charge in [-0.15, -0.1) is 0 Å². The van der Waals surface area contributed by atoms with Crippen LogP contribution in [-0.2, 0) is 4.79 Å². The van der Waals surface area contributed by atoms with Crippen LogP contribution in [0.4, 0.5) is 5.69 Å². The molecule has 0 N–H and O–H groups in total. The molecule has 1 fully saturated rings. The van der Waals surface area contributed by atoms with Gasteiger partial charge in [-0.2, -0.15) is 4.98 Å². The van der Waals surface area contributed by atoms with Crippen LogP contribution in [0.3, 0.4) is 0 Å². The first-order valence-electron chi connectivity index (χ1n) is 9.43. The van der Waals surface area contributed by atoms with Crippen LogP contribution in [0.15, 0.2) is 40.9 Å². The van der Waals surface area contributed by atoms with Gasteiger partial charge in [0.15, 0.2) is 0 Å². The molecular weight excluding hydrogens is 370 g/mol. The van der Waals surface area contributed by atoms with Crippen LogP contribution in [0.2, 0.25) is 0 Å². The number of hydrogen-bond acceptors (Lipinski definition) is 6. The summed E-state index contributed by atoms with van der Waals surface area (Å²) in [6.45, 7) is 4.51. The van der Waals surface area contributed by atoms with Gasteiger partial charge in [0.2, 0.25) is 17.6 Å². The summed E-state index contributed by atoms with van der Waals surface area (Å²) < 4.78 is 16.2. The number of carbonyl (C=O) groups excluding carboxylic acids is 1. The van der Waals surface area contributed by atoms with Crippen LogP contribution < -0.4 is 14.4 Å². The zero-order valence-corrected chi connectivity index (χ0v) is 16.9. The predicted octanol–water partition coefficient (Wildman–Crippen LogP) is 3.89. The Bertz CT molecular complexity index is 1040. The van der Waals surface area contributed by atoms with Crippen molar-refractivity contribution in [3.63, 3.8) is 0 Å². The topological polar surface area (TPSA) is 77.7 Å². The molecule has 0 bridgehead atoms. The van der Waals surface area contributed by atoms with E-state index in [0.717, 1.165) is 22.4 Å². The molecule has 4 rings (SSSR count). The van der Waals surface area contributed by atoms with E-state index in [-0.39, 0.29) is 11.8 Å². The van der Waals surface area contributed by atoms with Gasteiger partial charge in [0, 0.05) is 36.7 Å². The first-order chi connectivity index (χ1) is 14.0. The summed E-state index contributed by atoms with van der Waals surface area (Å²) in [6, 6.07) is 11.5. The van der Waals surface area contributed by atoms with Crippen LogP contribution >= 0.6 is 0 Å². The maximum absolute atomic E-state index is 12.7. The van der Waals surface area contributed by atoms with Crippen LogP contribution in [0.1, 0.15) is 29.4 Å². The molecule has 1 aliphatic rings. The molecule has 0 radical (unpaired) electrons. The number of ether oxygens (including phenoxy) is 2. The van der Waals surface area contributed by atoms with Gasteiger partial charge < -0.3 is 18.9 Å².